The van der Waals surface area contributed by atoms with Crippen LogP contribution in [0.4, 0.5) is 0 Å². The Morgan fingerprint density at radius 3 is 2.81 bits per heavy atom. The number of rotatable bonds is 1. The summed E-state index contributed by atoms with van der Waals surface area (Å²) in [5, 5.41) is 12.2. The molecule has 0 radical (unpaired) electrons. The summed E-state index contributed by atoms with van der Waals surface area (Å²) in [5.74, 6) is 0.0576. The van der Waals surface area contributed by atoms with Gasteiger partial charge in [-0.15, -0.1) is 0 Å². The lowest BCUT2D eigenvalue weighted by Gasteiger charge is -2.27. The minimum absolute atomic E-state index is 0.0485. The molecule has 21 heavy (non-hydrogen) atoms. The van der Waals surface area contributed by atoms with Gasteiger partial charge in [-0.1, -0.05) is 43.2 Å². The fourth-order valence-corrected chi connectivity index (χ4v) is 3.16. The molecule has 110 valence electrons. The highest BCUT2D eigenvalue weighted by atomic mass is 16.3. The SMILES string of the molecule is CC1CCCCCN1C(=O)c1ccc2ccccc2c1O. The minimum Gasteiger partial charge on any atom is -0.506 e. The van der Waals surface area contributed by atoms with Crippen molar-refractivity contribution in [2.45, 2.75) is 38.6 Å². The summed E-state index contributed by atoms with van der Waals surface area (Å²) in [5.41, 5.74) is 0.419. The van der Waals surface area contributed by atoms with E-state index in [1.165, 1.54) is 12.8 Å². The number of carbonyl (C=O) groups excluding carboxylic acids is 1. The molecule has 1 amide bonds. The van der Waals surface area contributed by atoms with E-state index in [4.69, 9.17) is 0 Å². The van der Waals surface area contributed by atoms with Gasteiger partial charge < -0.3 is 10.0 Å². The van der Waals surface area contributed by atoms with E-state index >= 15 is 0 Å². The van der Waals surface area contributed by atoms with Gasteiger partial charge in [-0.05, 0) is 31.2 Å². The third-order valence-electron chi connectivity index (χ3n) is 4.44. The number of phenols is 1. The van der Waals surface area contributed by atoms with Crippen LogP contribution in [0.2, 0.25) is 0 Å². The first kappa shape index (κ1) is 13.9. The maximum absolute atomic E-state index is 12.8. The van der Waals surface area contributed by atoms with Gasteiger partial charge in [0.1, 0.15) is 5.75 Å². The molecule has 1 heterocycles. The van der Waals surface area contributed by atoms with Crippen molar-refractivity contribution >= 4 is 16.7 Å². The van der Waals surface area contributed by atoms with Crippen LogP contribution in [0.25, 0.3) is 10.8 Å². The van der Waals surface area contributed by atoms with Crippen molar-refractivity contribution in [2.24, 2.45) is 0 Å². The Labute approximate surface area is 125 Å². The van der Waals surface area contributed by atoms with Crippen molar-refractivity contribution < 1.29 is 9.90 Å². The molecule has 0 aliphatic carbocycles. The fraction of sp³-hybridized carbons (Fsp3) is 0.389. The molecule has 0 spiro atoms. The molecule has 1 unspecified atom stereocenters. The number of carbonyl (C=O) groups is 1. The van der Waals surface area contributed by atoms with E-state index in [9.17, 15) is 9.90 Å². The van der Waals surface area contributed by atoms with Crippen LogP contribution in [0.3, 0.4) is 0 Å². The van der Waals surface area contributed by atoms with Crippen molar-refractivity contribution in [2.75, 3.05) is 6.54 Å². The molecule has 3 rings (SSSR count). The fourth-order valence-electron chi connectivity index (χ4n) is 3.16. The van der Waals surface area contributed by atoms with Crippen LogP contribution < -0.4 is 0 Å². The zero-order valence-corrected chi connectivity index (χ0v) is 12.4. The molecule has 1 fully saturated rings. The van der Waals surface area contributed by atoms with E-state index < -0.39 is 0 Å². The summed E-state index contributed by atoms with van der Waals surface area (Å²) in [6.45, 7) is 2.88. The van der Waals surface area contributed by atoms with Gasteiger partial charge in [-0.3, -0.25) is 4.79 Å². The monoisotopic (exact) mass is 283 g/mol. The van der Waals surface area contributed by atoms with Gasteiger partial charge in [-0.25, -0.2) is 0 Å². The Balaban J connectivity index is 1.99. The molecule has 2 aromatic carbocycles. The molecule has 1 atom stereocenters. The summed E-state index contributed by atoms with van der Waals surface area (Å²) in [7, 11) is 0. The molecule has 0 aromatic heterocycles. The molecule has 0 saturated carbocycles. The average molecular weight is 283 g/mol. The molecule has 2 aromatic rings. The highest BCUT2D eigenvalue weighted by Crippen LogP contribution is 2.30. The molecule has 0 bridgehead atoms. The van der Waals surface area contributed by atoms with Crippen molar-refractivity contribution in [3.05, 3.63) is 42.0 Å². The largest absolute Gasteiger partial charge is 0.506 e. The Morgan fingerprint density at radius 2 is 1.95 bits per heavy atom. The first-order chi connectivity index (χ1) is 10.2. The molecule has 3 nitrogen and oxygen atoms in total. The highest BCUT2D eigenvalue weighted by Gasteiger charge is 2.25. The standard InChI is InChI=1S/C18H21NO2/c1-13-7-3-2-6-12-19(13)18(21)16-11-10-14-8-4-5-9-15(14)17(16)20/h4-5,8-11,13,20H,2-3,6-7,12H2,1H3. The minimum atomic E-state index is -0.0485. The lowest BCUT2D eigenvalue weighted by molar-refractivity contribution is 0.0695. The molecular weight excluding hydrogens is 262 g/mol. The first-order valence-electron chi connectivity index (χ1n) is 7.70. The van der Waals surface area contributed by atoms with Crippen molar-refractivity contribution in [1.82, 2.24) is 4.90 Å². The van der Waals surface area contributed by atoms with E-state index in [-0.39, 0.29) is 17.7 Å². The second kappa shape index (κ2) is 5.76. The summed E-state index contributed by atoms with van der Waals surface area (Å²) in [4.78, 5) is 14.7. The lowest BCUT2D eigenvalue weighted by atomic mass is 10.0. The summed E-state index contributed by atoms with van der Waals surface area (Å²) in [6, 6.07) is 11.5. The Hall–Kier alpha value is -2.03. The number of fused-ring (bicyclic) bond motifs is 1. The third kappa shape index (κ3) is 2.60. The zero-order valence-electron chi connectivity index (χ0n) is 12.4. The molecule has 1 saturated heterocycles. The van der Waals surface area contributed by atoms with E-state index in [1.54, 1.807) is 6.07 Å². The van der Waals surface area contributed by atoms with Gasteiger partial charge in [0.05, 0.1) is 5.56 Å². The van der Waals surface area contributed by atoms with Gasteiger partial charge in [-0.2, -0.15) is 0 Å². The second-order valence-electron chi connectivity index (χ2n) is 5.88. The zero-order chi connectivity index (χ0) is 14.8. The quantitative estimate of drug-likeness (QED) is 0.861. The number of phenolic OH excluding ortho intramolecular Hbond substituents is 1. The smallest absolute Gasteiger partial charge is 0.257 e. The van der Waals surface area contributed by atoms with E-state index in [0.29, 0.717) is 5.56 Å². The molecule has 1 N–H and O–H groups in total. The Morgan fingerprint density at radius 1 is 1.14 bits per heavy atom. The van der Waals surface area contributed by atoms with Crippen LogP contribution in [0, 0.1) is 0 Å². The Kier molecular flexibility index (Phi) is 3.82. The molecule has 1 aliphatic rings. The van der Waals surface area contributed by atoms with Crippen LogP contribution in [0.5, 0.6) is 5.75 Å². The van der Waals surface area contributed by atoms with Gasteiger partial charge in [0, 0.05) is 18.0 Å². The predicted octanol–water partition coefficient (Wildman–Crippen LogP) is 3.95. The van der Waals surface area contributed by atoms with Crippen LogP contribution in [-0.2, 0) is 0 Å². The van der Waals surface area contributed by atoms with Crippen LogP contribution >= 0.6 is 0 Å². The van der Waals surface area contributed by atoms with Gasteiger partial charge >= 0.3 is 0 Å². The summed E-state index contributed by atoms with van der Waals surface area (Å²) >= 11 is 0. The number of hydrogen-bond donors (Lipinski definition) is 1. The van der Waals surface area contributed by atoms with E-state index in [1.807, 2.05) is 35.2 Å². The van der Waals surface area contributed by atoms with Crippen LogP contribution in [0.15, 0.2) is 36.4 Å². The van der Waals surface area contributed by atoms with Gasteiger partial charge in [0.15, 0.2) is 0 Å². The van der Waals surface area contributed by atoms with E-state index in [2.05, 4.69) is 6.92 Å². The van der Waals surface area contributed by atoms with Gasteiger partial charge in [0.25, 0.3) is 5.91 Å². The molecule has 1 aliphatic heterocycles. The summed E-state index contributed by atoms with van der Waals surface area (Å²) in [6.07, 6.45) is 4.44. The predicted molar refractivity (Wildman–Crippen MR) is 84.6 cm³/mol. The maximum Gasteiger partial charge on any atom is 0.257 e. The highest BCUT2D eigenvalue weighted by molar-refractivity contribution is 6.03. The maximum atomic E-state index is 12.8. The lowest BCUT2D eigenvalue weighted by Crippen LogP contribution is -2.38. The average Bonchev–Trinajstić information content (AvgIpc) is 2.72. The third-order valence-corrected chi connectivity index (χ3v) is 4.44. The number of hydrogen-bond acceptors (Lipinski definition) is 2. The normalized spacial score (nSPS) is 19.5. The number of amides is 1. The number of likely N-dealkylation sites (tertiary alicyclic amines) is 1. The molecule has 3 heteroatoms. The first-order valence-corrected chi connectivity index (χ1v) is 7.70. The summed E-state index contributed by atoms with van der Waals surface area (Å²) < 4.78 is 0. The van der Waals surface area contributed by atoms with Crippen molar-refractivity contribution in [3.63, 3.8) is 0 Å². The number of nitrogens with zero attached hydrogens (tertiary/aromatic N) is 1. The topological polar surface area (TPSA) is 40.5 Å². The Bertz CT molecular complexity index is 665. The van der Waals surface area contributed by atoms with Crippen molar-refractivity contribution in [3.8, 4) is 5.75 Å². The second-order valence-corrected chi connectivity index (χ2v) is 5.88. The van der Waals surface area contributed by atoms with Crippen LogP contribution in [-0.4, -0.2) is 28.5 Å². The number of aromatic hydroxyl groups is 1. The van der Waals surface area contributed by atoms with Gasteiger partial charge in [0.2, 0.25) is 0 Å². The van der Waals surface area contributed by atoms with E-state index in [0.717, 1.165) is 30.2 Å². The van der Waals surface area contributed by atoms with Crippen molar-refractivity contribution in [1.29, 1.82) is 0 Å². The van der Waals surface area contributed by atoms with Crippen LogP contribution in [0.1, 0.15) is 43.0 Å². The molecular formula is C18H21NO2. The number of benzene rings is 2.